The van der Waals surface area contributed by atoms with Crippen LogP contribution in [0.2, 0.25) is 0 Å². The molecule has 49 heavy (non-hydrogen) atoms. The van der Waals surface area contributed by atoms with Crippen molar-refractivity contribution in [2.75, 3.05) is 36.0 Å². The zero-order valence-corrected chi connectivity index (χ0v) is 30.6. The van der Waals surface area contributed by atoms with E-state index < -0.39 is 5.92 Å². The molecular weight excluding hydrogens is 649 g/mol. The lowest BCUT2D eigenvalue weighted by Gasteiger charge is -2.28. The normalized spacial score (nSPS) is 19.7. The number of piperidine rings is 2. The number of anilines is 2. The molecule has 1 unspecified atom stereocenters. The van der Waals surface area contributed by atoms with E-state index in [2.05, 4.69) is 22.4 Å². The first-order valence-corrected chi connectivity index (χ1v) is 18.9. The molecule has 8 nitrogen and oxygen atoms in total. The monoisotopic (exact) mass is 694 g/mol. The Kier molecular flexibility index (Phi) is 14.5. The number of carbonyl (C=O) groups excluding carboxylic acids is 2. The van der Waals surface area contributed by atoms with Crippen LogP contribution in [-0.2, 0) is 9.59 Å². The first-order valence-electron chi connectivity index (χ1n) is 17.1. The van der Waals surface area contributed by atoms with Gasteiger partial charge in [0.25, 0.3) is 5.91 Å². The highest BCUT2D eigenvalue weighted by molar-refractivity contribution is 8.06. The molecule has 4 aliphatic heterocycles. The van der Waals surface area contributed by atoms with Crippen LogP contribution in [-0.4, -0.2) is 47.8 Å². The second-order valence-electron chi connectivity index (χ2n) is 11.7. The number of hydrogen-bond donors (Lipinski definition) is 0. The highest BCUT2D eigenvalue weighted by atomic mass is 32.2. The molecule has 2 aromatic carbocycles. The van der Waals surface area contributed by atoms with Gasteiger partial charge in [0.2, 0.25) is 5.91 Å². The van der Waals surface area contributed by atoms with E-state index in [1.165, 1.54) is 18.2 Å². The Hall–Kier alpha value is -4.38. The third kappa shape index (κ3) is 9.41. The van der Waals surface area contributed by atoms with Crippen LogP contribution in [0, 0.1) is 28.6 Å². The maximum atomic E-state index is 12.8. The van der Waals surface area contributed by atoms with Gasteiger partial charge in [-0.05, 0) is 93.5 Å². The molecule has 2 fully saturated rings. The van der Waals surface area contributed by atoms with E-state index in [1.54, 1.807) is 11.8 Å². The summed E-state index contributed by atoms with van der Waals surface area (Å²) in [5, 5.41) is 24.8. The second kappa shape index (κ2) is 19.0. The van der Waals surface area contributed by atoms with Gasteiger partial charge in [-0.25, -0.2) is 0 Å². The minimum absolute atomic E-state index is 0.0668. The number of likely N-dealkylation sites (tertiary alicyclic amines) is 2. The number of benzene rings is 2. The molecule has 256 valence electrons. The number of thioether (sulfide) groups is 2. The van der Waals surface area contributed by atoms with Crippen molar-refractivity contribution in [3.8, 4) is 12.1 Å². The quantitative estimate of drug-likeness (QED) is 0.226. The minimum Gasteiger partial charge on any atom is -0.341 e. The van der Waals surface area contributed by atoms with Crippen molar-refractivity contribution in [1.29, 1.82) is 10.5 Å². The molecule has 0 aliphatic carbocycles. The SMILES string of the molecule is CC.CC1=CS/C(=C(/C#N)C(=O)N2CCCCC2)N1c1ccccc1.CC1=CSC(=CC(C#N)C(=O)N2CCCCC2)N1c1ccccc1. The van der Waals surface area contributed by atoms with E-state index in [-0.39, 0.29) is 17.4 Å². The number of nitriles is 2. The van der Waals surface area contributed by atoms with Gasteiger partial charge in [-0.2, -0.15) is 10.5 Å². The van der Waals surface area contributed by atoms with Crippen molar-refractivity contribution in [1.82, 2.24) is 9.80 Å². The first-order chi connectivity index (χ1) is 23.9. The van der Waals surface area contributed by atoms with Gasteiger partial charge in [0.05, 0.1) is 11.1 Å². The first kappa shape index (κ1) is 37.4. The second-order valence-corrected chi connectivity index (χ2v) is 13.5. The molecule has 4 heterocycles. The van der Waals surface area contributed by atoms with E-state index in [4.69, 9.17) is 0 Å². The van der Waals surface area contributed by atoms with Gasteiger partial charge in [-0.1, -0.05) is 73.8 Å². The topological polar surface area (TPSA) is 94.7 Å². The van der Waals surface area contributed by atoms with Gasteiger partial charge < -0.3 is 19.6 Å². The molecule has 2 amide bonds. The zero-order chi connectivity index (χ0) is 35.2. The third-order valence-electron chi connectivity index (χ3n) is 8.41. The third-order valence-corrected chi connectivity index (χ3v) is 10.5. The lowest BCUT2D eigenvalue weighted by molar-refractivity contribution is -0.133. The van der Waals surface area contributed by atoms with Gasteiger partial charge in [0, 0.05) is 48.9 Å². The van der Waals surface area contributed by atoms with E-state index >= 15 is 0 Å². The number of nitrogens with zero attached hydrogens (tertiary/aromatic N) is 6. The lowest BCUT2D eigenvalue weighted by atomic mass is 10.1. The Labute approximate surface area is 300 Å². The maximum Gasteiger partial charge on any atom is 0.267 e. The molecule has 0 spiro atoms. The maximum absolute atomic E-state index is 12.8. The number of para-hydroxylation sites is 2. The van der Waals surface area contributed by atoms with Crippen LogP contribution < -0.4 is 9.80 Å². The number of carbonyl (C=O) groups is 2. The summed E-state index contributed by atoms with van der Waals surface area (Å²) in [6.45, 7) is 11.1. The molecule has 0 N–H and O–H groups in total. The summed E-state index contributed by atoms with van der Waals surface area (Å²) in [5.41, 5.74) is 4.38. The average Bonchev–Trinajstić information content (AvgIpc) is 3.74. The Morgan fingerprint density at radius 2 is 1.20 bits per heavy atom. The largest absolute Gasteiger partial charge is 0.341 e. The Morgan fingerprint density at radius 1 is 0.714 bits per heavy atom. The van der Waals surface area contributed by atoms with Crippen LogP contribution in [0.5, 0.6) is 0 Å². The molecule has 4 aliphatic rings. The fourth-order valence-electron chi connectivity index (χ4n) is 5.98. The average molecular weight is 695 g/mol. The van der Waals surface area contributed by atoms with Gasteiger partial charge in [0.1, 0.15) is 22.6 Å². The van der Waals surface area contributed by atoms with Gasteiger partial charge in [-0.15, -0.1) is 0 Å². The summed E-state index contributed by atoms with van der Waals surface area (Å²) in [6.07, 6.45) is 8.25. The van der Waals surface area contributed by atoms with Crippen LogP contribution >= 0.6 is 23.5 Å². The van der Waals surface area contributed by atoms with Crippen molar-refractivity contribution in [3.63, 3.8) is 0 Å². The van der Waals surface area contributed by atoms with Crippen LogP contribution in [0.3, 0.4) is 0 Å². The fourth-order valence-corrected chi connectivity index (χ4v) is 7.94. The molecule has 0 bridgehead atoms. The number of rotatable bonds is 5. The smallest absolute Gasteiger partial charge is 0.267 e. The summed E-state index contributed by atoms with van der Waals surface area (Å²) in [4.78, 5) is 33.2. The highest BCUT2D eigenvalue weighted by Gasteiger charge is 2.30. The van der Waals surface area contributed by atoms with Crippen molar-refractivity contribution < 1.29 is 9.59 Å². The summed E-state index contributed by atoms with van der Waals surface area (Å²) in [5.74, 6) is -0.933. The van der Waals surface area contributed by atoms with Crippen LogP contribution in [0.25, 0.3) is 0 Å². The van der Waals surface area contributed by atoms with Crippen LogP contribution in [0.4, 0.5) is 11.4 Å². The Bertz CT molecular complexity index is 1640. The molecule has 0 radical (unpaired) electrons. The van der Waals surface area contributed by atoms with E-state index in [0.717, 1.165) is 86.1 Å². The number of amides is 2. The van der Waals surface area contributed by atoms with Crippen molar-refractivity contribution >= 4 is 46.7 Å². The predicted molar refractivity (Wildman–Crippen MR) is 203 cm³/mol. The van der Waals surface area contributed by atoms with Gasteiger partial charge >= 0.3 is 0 Å². The van der Waals surface area contributed by atoms with Crippen LogP contribution in [0.15, 0.2) is 105 Å². The molecule has 2 aromatic rings. The van der Waals surface area contributed by atoms with Gasteiger partial charge in [-0.3, -0.25) is 9.59 Å². The van der Waals surface area contributed by atoms with Crippen molar-refractivity contribution in [2.45, 2.75) is 66.2 Å². The fraction of sp³-hybridized carbons (Fsp3) is 0.385. The predicted octanol–water partition coefficient (Wildman–Crippen LogP) is 8.97. The molecule has 2 saturated heterocycles. The minimum atomic E-state index is -0.726. The molecule has 1 atom stereocenters. The van der Waals surface area contributed by atoms with E-state index in [1.807, 2.05) is 115 Å². The summed E-state index contributed by atoms with van der Waals surface area (Å²) in [7, 11) is 0. The van der Waals surface area contributed by atoms with Crippen molar-refractivity contribution in [2.24, 2.45) is 5.92 Å². The highest BCUT2D eigenvalue weighted by Crippen LogP contribution is 2.41. The standard InChI is InChI=1S/C19H21N3OS.C18H19N3OS.C2H6/c1-15-14-24-18(22(15)17-8-4-2-5-9-17)12-16(13-20)19(23)21-10-6-3-7-11-21;1-14-13-23-18(21(14)15-8-4-2-5-9-15)16(12-19)17(22)20-10-6-3-7-11-20;1-2/h2,4-5,8-9,12,14,16H,3,6-7,10-11H2,1H3;2,4-5,8-9,13H,3,6-7,10-11H2,1H3;1-2H3/b;18-16-;. The number of hydrogen-bond acceptors (Lipinski definition) is 8. The van der Waals surface area contributed by atoms with Crippen LogP contribution in [0.1, 0.15) is 66.2 Å². The van der Waals surface area contributed by atoms with E-state index in [0.29, 0.717) is 5.03 Å². The number of allylic oxidation sites excluding steroid dienone is 2. The lowest BCUT2D eigenvalue weighted by Crippen LogP contribution is -2.39. The van der Waals surface area contributed by atoms with Crippen molar-refractivity contribution in [3.05, 3.63) is 105 Å². The molecular formula is C39H46N6O2S2. The summed E-state index contributed by atoms with van der Waals surface area (Å²) >= 11 is 3.02. The summed E-state index contributed by atoms with van der Waals surface area (Å²) < 4.78 is 0. The van der Waals surface area contributed by atoms with E-state index in [9.17, 15) is 20.1 Å². The zero-order valence-electron chi connectivity index (χ0n) is 29.0. The summed E-state index contributed by atoms with van der Waals surface area (Å²) in [6, 6.07) is 24.2. The molecule has 6 rings (SSSR count). The Balaban J connectivity index is 0.000000210. The van der Waals surface area contributed by atoms with Gasteiger partial charge in [0.15, 0.2) is 0 Å². The molecule has 0 saturated carbocycles. The molecule has 10 heteroatoms. The Morgan fingerprint density at radius 3 is 1.73 bits per heavy atom. The molecule has 0 aromatic heterocycles.